The lowest BCUT2D eigenvalue weighted by Gasteiger charge is -2.30. The van der Waals surface area contributed by atoms with Crippen LogP contribution in [-0.2, 0) is 18.6 Å². The maximum absolute atomic E-state index is 12.7. The fourth-order valence-corrected chi connectivity index (χ4v) is 3.60. The Morgan fingerprint density at radius 2 is 1.97 bits per heavy atom. The van der Waals surface area contributed by atoms with E-state index in [9.17, 15) is 19.0 Å². The Morgan fingerprint density at radius 1 is 1.34 bits per heavy atom. The monoisotopic (exact) mass is 428 g/mol. The first-order chi connectivity index (χ1) is 13.1. The van der Waals surface area contributed by atoms with Gasteiger partial charge in [0.05, 0.1) is 23.5 Å². The van der Waals surface area contributed by atoms with Crippen LogP contribution in [0.2, 0.25) is 0 Å². The molecule has 1 aliphatic heterocycles. The zero-order valence-electron chi connectivity index (χ0n) is 17.6. The van der Waals surface area contributed by atoms with Crippen LogP contribution < -0.4 is 11.2 Å². The second-order valence-electron chi connectivity index (χ2n) is 8.96. The largest absolute Gasteiger partial charge is 0.373 e. The summed E-state index contributed by atoms with van der Waals surface area (Å²) in [7, 11) is -4.00. The topological polar surface area (TPSA) is 120 Å². The Balaban J connectivity index is 2.38. The first-order valence-electron chi connectivity index (χ1n) is 9.28. The molecule has 1 aliphatic rings. The van der Waals surface area contributed by atoms with Gasteiger partial charge in [-0.25, -0.2) is 4.79 Å². The average Bonchev–Trinajstić information content (AvgIpc) is 2.92. The molecule has 0 amide bonds. The van der Waals surface area contributed by atoms with Crippen LogP contribution in [0.3, 0.4) is 0 Å². The van der Waals surface area contributed by atoms with Crippen LogP contribution in [0.15, 0.2) is 15.7 Å². The van der Waals surface area contributed by atoms with E-state index >= 15 is 0 Å². The molecule has 1 saturated heterocycles. The molecule has 2 rings (SSSR count). The van der Waals surface area contributed by atoms with E-state index in [4.69, 9.17) is 20.4 Å². The average molecular weight is 428 g/mol. The molecule has 0 aliphatic carbocycles. The molecule has 0 bridgehead atoms. The highest BCUT2D eigenvalue weighted by molar-refractivity contribution is 7.54. The molecule has 10 heteroatoms. The van der Waals surface area contributed by atoms with Crippen molar-refractivity contribution in [2.75, 3.05) is 6.61 Å². The highest BCUT2D eigenvalue weighted by atomic mass is 31.2. The number of nitrogens with one attached hydrogen (secondary N) is 1. The number of aromatic amines is 1. The summed E-state index contributed by atoms with van der Waals surface area (Å²) in [6.07, 6.45) is 3.11. The molecular formula is C19H29N2O7P. The van der Waals surface area contributed by atoms with Crippen LogP contribution in [0.5, 0.6) is 0 Å². The first kappa shape index (κ1) is 23.6. The lowest BCUT2D eigenvalue weighted by atomic mass is 10.1. The molecule has 1 aromatic heterocycles. The van der Waals surface area contributed by atoms with Gasteiger partial charge in [-0.3, -0.25) is 18.9 Å². The summed E-state index contributed by atoms with van der Waals surface area (Å²) >= 11 is 0. The summed E-state index contributed by atoms with van der Waals surface area (Å²) in [5.74, 6) is 2.30. The Hall–Kier alpha value is -1.69. The van der Waals surface area contributed by atoms with E-state index in [1.807, 2.05) is 20.8 Å². The number of aromatic nitrogens is 2. The van der Waals surface area contributed by atoms with Gasteiger partial charge in [0.15, 0.2) is 0 Å². The van der Waals surface area contributed by atoms with Crippen molar-refractivity contribution in [3.8, 4) is 12.3 Å². The van der Waals surface area contributed by atoms with Crippen LogP contribution in [0, 0.1) is 12.3 Å². The minimum Gasteiger partial charge on any atom is -0.373 e. The standard InChI is InChI=1S/C19H29N2O7P/c1-8-12-9-15(22)20-17(23)21(12)16-10-13(28-29(24,25)19(5,6)7)14(27-16)11-26-18(2,3)4/h1,9,13-14,16H,10-11H2,2-7H3,(H,24,25)(H,20,22,23)/t13-,14+,16+/m0/s1. The van der Waals surface area contributed by atoms with Crippen molar-refractivity contribution in [2.45, 2.75) is 77.2 Å². The van der Waals surface area contributed by atoms with Crippen LogP contribution in [0.4, 0.5) is 0 Å². The molecule has 0 spiro atoms. The van der Waals surface area contributed by atoms with Gasteiger partial charge in [-0.1, -0.05) is 5.92 Å². The molecule has 1 aromatic rings. The van der Waals surface area contributed by atoms with Gasteiger partial charge < -0.3 is 18.9 Å². The molecule has 1 unspecified atom stereocenters. The van der Waals surface area contributed by atoms with Crippen LogP contribution >= 0.6 is 7.60 Å². The molecule has 0 radical (unpaired) electrons. The van der Waals surface area contributed by atoms with E-state index in [1.54, 1.807) is 20.8 Å². The van der Waals surface area contributed by atoms with Gasteiger partial charge in [0.1, 0.15) is 18.0 Å². The maximum atomic E-state index is 12.7. The number of hydrogen-bond donors (Lipinski definition) is 2. The summed E-state index contributed by atoms with van der Waals surface area (Å²) in [6.45, 7) is 10.5. The van der Waals surface area contributed by atoms with E-state index in [2.05, 4.69) is 10.9 Å². The zero-order chi connectivity index (χ0) is 22.2. The van der Waals surface area contributed by atoms with Crippen molar-refractivity contribution in [1.82, 2.24) is 9.55 Å². The van der Waals surface area contributed by atoms with Crippen molar-refractivity contribution in [2.24, 2.45) is 0 Å². The molecule has 4 atom stereocenters. The summed E-state index contributed by atoms with van der Waals surface area (Å²) in [4.78, 5) is 36.4. The normalized spacial score (nSPS) is 24.8. The zero-order valence-corrected chi connectivity index (χ0v) is 18.5. The Bertz CT molecular complexity index is 946. The molecule has 0 aromatic carbocycles. The van der Waals surface area contributed by atoms with Gasteiger partial charge in [0.2, 0.25) is 0 Å². The third kappa shape index (κ3) is 5.68. The van der Waals surface area contributed by atoms with Crippen molar-refractivity contribution >= 4 is 7.60 Å². The van der Waals surface area contributed by atoms with Gasteiger partial charge in [-0.2, -0.15) is 0 Å². The van der Waals surface area contributed by atoms with Crippen LogP contribution in [0.25, 0.3) is 0 Å². The number of terminal acetylenes is 1. The molecule has 1 fully saturated rings. The third-order valence-corrected chi connectivity index (χ3v) is 6.65. The van der Waals surface area contributed by atoms with Gasteiger partial charge in [-0.15, -0.1) is 6.42 Å². The minimum absolute atomic E-state index is 0.0443. The van der Waals surface area contributed by atoms with Crippen LogP contribution in [-0.4, -0.2) is 44.0 Å². The first-order valence-corrected chi connectivity index (χ1v) is 10.9. The second-order valence-corrected chi connectivity index (χ2v) is 11.6. The van der Waals surface area contributed by atoms with E-state index in [0.717, 1.165) is 10.6 Å². The number of H-pyrrole nitrogens is 1. The summed E-state index contributed by atoms with van der Waals surface area (Å²) in [5, 5.41) is -1.00. The van der Waals surface area contributed by atoms with Crippen molar-refractivity contribution in [3.63, 3.8) is 0 Å². The van der Waals surface area contributed by atoms with Crippen molar-refractivity contribution < 1.29 is 23.5 Å². The molecule has 29 heavy (non-hydrogen) atoms. The SMILES string of the molecule is C#Cc1cc(=O)[nH]c(=O)n1[C@H]1C[C@H](OP(=O)(O)C(C)(C)C)[C@@H](COC(C)(C)C)O1. The number of hydrogen-bond acceptors (Lipinski definition) is 6. The number of nitrogens with zero attached hydrogens (tertiary/aromatic N) is 1. The quantitative estimate of drug-likeness (QED) is 0.544. The van der Waals surface area contributed by atoms with Gasteiger partial charge >= 0.3 is 13.3 Å². The number of ether oxygens (including phenoxy) is 2. The van der Waals surface area contributed by atoms with E-state index in [1.165, 1.54) is 0 Å². The predicted molar refractivity (Wildman–Crippen MR) is 108 cm³/mol. The van der Waals surface area contributed by atoms with E-state index in [0.29, 0.717) is 0 Å². The molecule has 162 valence electrons. The van der Waals surface area contributed by atoms with Gasteiger partial charge in [0, 0.05) is 12.5 Å². The van der Waals surface area contributed by atoms with Crippen molar-refractivity contribution in [3.05, 3.63) is 32.6 Å². The summed E-state index contributed by atoms with van der Waals surface area (Å²) in [6, 6.07) is 1.12. The molecular weight excluding hydrogens is 399 g/mol. The Kier molecular flexibility index (Phi) is 6.68. The van der Waals surface area contributed by atoms with Gasteiger partial charge in [-0.05, 0) is 41.5 Å². The highest BCUT2D eigenvalue weighted by Crippen LogP contribution is 2.57. The summed E-state index contributed by atoms with van der Waals surface area (Å²) < 4.78 is 31.1. The van der Waals surface area contributed by atoms with Gasteiger partial charge in [0.25, 0.3) is 5.56 Å². The van der Waals surface area contributed by atoms with Crippen molar-refractivity contribution in [1.29, 1.82) is 0 Å². The highest BCUT2D eigenvalue weighted by Gasteiger charge is 2.46. The second kappa shape index (κ2) is 8.21. The Morgan fingerprint density at radius 3 is 2.48 bits per heavy atom. The summed E-state index contributed by atoms with van der Waals surface area (Å²) in [5.41, 5.74) is -1.78. The molecule has 2 heterocycles. The Labute approximate surface area is 169 Å². The molecule has 2 N–H and O–H groups in total. The fraction of sp³-hybridized carbons (Fsp3) is 0.684. The third-order valence-electron chi connectivity index (χ3n) is 4.40. The number of rotatable bonds is 5. The van der Waals surface area contributed by atoms with E-state index < -0.39 is 48.0 Å². The lowest BCUT2D eigenvalue weighted by Crippen LogP contribution is -2.35. The molecule has 0 saturated carbocycles. The van der Waals surface area contributed by atoms with E-state index in [-0.39, 0.29) is 18.7 Å². The maximum Gasteiger partial charge on any atom is 0.333 e. The smallest absolute Gasteiger partial charge is 0.333 e. The molecule has 9 nitrogen and oxygen atoms in total. The fourth-order valence-electron chi connectivity index (χ4n) is 2.69. The minimum atomic E-state index is -4.00. The predicted octanol–water partition coefficient (Wildman–Crippen LogP) is 1.99. The van der Waals surface area contributed by atoms with Crippen LogP contribution in [0.1, 0.15) is 59.9 Å². The lowest BCUT2D eigenvalue weighted by molar-refractivity contribution is -0.0978.